The van der Waals surface area contributed by atoms with E-state index in [1.54, 1.807) is 0 Å². The first kappa shape index (κ1) is 28.3. The van der Waals surface area contributed by atoms with Gasteiger partial charge in [0.15, 0.2) is 0 Å². The molecule has 2 heteroatoms. The summed E-state index contributed by atoms with van der Waals surface area (Å²) in [6.07, 6.45) is 9.82. The molecule has 0 heterocycles. The molecular formula is C32H50O2. The van der Waals surface area contributed by atoms with Crippen LogP contribution in [0.4, 0.5) is 0 Å². The maximum Gasteiger partial charge on any atom is 0.127 e. The van der Waals surface area contributed by atoms with Crippen LogP contribution in [-0.4, -0.2) is 13.2 Å². The van der Waals surface area contributed by atoms with Gasteiger partial charge in [0.2, 0.25) is 0 Å². The average molecular weight is 467 g/mol. The molecule has 2 rings (SSSR count). The zero-order valence-corrected chi connectivity index (χ0v) is 23.4. The van der Waals surface area contributed by atoms with Crippen molar-refractivity contribution in [3.63, 3.8) is 0 Å². The first-order chi connectivity index (χ1) is 16.3. The van der Waals surface area contributed by atoms with Gasteiger partial charge in [0.05, 0.1) is 13.2 Å². The fraction of sp³-hybridized carbons (Fsp3) is 0.625. The Labute approximate surface area is 210 Å². The lowest BCUT2D eigenvalue weighted by atomic mass is 9.92. The second-order valence-corrected chi connectivity index (χ2v) is 10.4. The maximum absolute atomic E-state index is 6.59. The van der Waals surface area contributed by atoms with Gasteiger partial charge < -0.3 is 9.47 Å². The molecule has 0 fully saturated rings. The summed E-state index contributed by atoms with van der Waals surface area (Å²) in [5, 5.41) is 0. The molecule has 0 saturated heterocycles. The first-order valence-electron chi connectivity index (χ1n) is 13.8. The molecule has 0 aliphatic heterocycles. The highest BCUT2D eigenvalue weighted by Gasteiger charge is 2.20. The standard InChI is InChI=1S/C32H50O2/c1-9-13-15-27(11-3)21-33-29-19-23(5)17-25(7)31(29)32-26(8)18-24(6)20-30(32)34-22-28(12-4)16-14-10-2/h17-20,27-28H,9-16,21-22H2,1-8H3. The molecule has 0 aromatic heterocycles. The van der Waals surface area contributed by atoms with E-state index >= 15 is 0 Å². The van der Waals surface area contributed by atoms with Gasteiger partial charge in [-0.2, -0.15) is 0 Å². The molecule has 2 unspecified atom stereocenters. The van der Waals surface area contributed by atoms with Crippen LogP contribution in [0.5, 0.6) is 11.5 Å². The van der Waals surface area contributed by atoms with Crippen LogP contribution >= 0.6 is 0 Å². The van der Waals surface area contributed by atoms with Crippen molar-refractivity contribution < 1.29 is 9.47 Å². The maximum atomic E-state index is 6.59. The van der Waals surface area contributed by atoms with E-state index in [1.165, 1.54) is 71.9 Å². The number of aryl methyl sites for hydroxylation is 4. The van der Waals surface area contributed by atoms with Gasteiger partial charge in [0.25, 0.3) is 0 Å². The summed E-state index contributed by atoms with van der Waals surface area (Å²) in [5.41, 5.74) is 7.40. The second kappa shape index (κ2) is 14.4. The molecule has 34 heavy (non-hydrogen) atoms. The van der Waals surface area contributed by atoms with Gasteiger partial charge in [-0.05, 0) is 86.8 Å². The predicted molar refractivity (Wildman–Crippen MR) is 148 cm³/mol. The van der Waals surface area contributed by atoms with Crippen LogP contribution < -0.4 is 9.47 Å². The van der Waals surface area contributed by atoms with Crippen molar-refractivity contribution >= 4 is 0 Å². The summed E-state index contributed by atoms with van der Waals surface area (Å²) in [5.74, 6) is 3.21. The number of hydrogen-bond donors (Lipinski definition) is 0. The van der Waals surface area contributed by atoms with Crippen molar-refractivity contribution in [1.29, 1.82) is 0 Å². The van der Waals surface area contributed by atoms with Gasteiger partial charge in [0.1, 0.15) is 11.5 Å². The van der Waals surface area contributed by atoms with Crippen molar-refractivity contribution in [3.8, 4) is 22.6 Å². The Hall–Kier alpha value is -1.96. The molecule has 2 nitrogen and oxygen atoms in total. The Bertz CT molecular complexity index is 810. The normalized spacial score (nSPS) is 13.1. The highest BCUT2D eigenvalue weighted by atomic mass is 16.5. The third-order valence-corrected chi connectivity index (χ3v) is 7.17. The monoisotopic (exact) mass is 466 g/mol. The number of benzene rings is 2. The van der Waals surface area contributed by atoms with E-state index in [4.69, 9.17) is 9.47 Å². The Morgan fingerprint density at radius 1 is 0.588 bits per heavy atom. The van der Waals surface area contributed by atoms with E-state index in [2.05, 4.69) is 79.7 Å². The molecule has 0 bridgehead atoms. The summed E-state index contributed by atoms with van der Waals surface area (Å²) < 4.78 is 13.2. The number of hydrogen-bond acceptors (Lipinski definition) is 2. The molecule has 190 valence electrons. The van der Waals surface area contributed by atoms with Gasteiger partial charge in [-0.3, -0.25) is 0 Å². The van der Waals surface area contributed by atoms with Crippen molar-refractivity contribution in [2.24, 2.45) is 11.8 Å². The van der Waals surface area contributed by atoms with E-state index in [0.29, 0.717) is 11.8 Å². The Morgan fingerprint density at radius 2 is 0.971 bits per heavy atom. The zero-order valence-electron chi connectivity index (χ0n) is 23.4. The predicted octanol–water partition coefficient (Wildman–Crippen LogP) is 9.78. The lowest BCUT2D eigenvalue weighted by Crippen LogP contribution is -2.13. The minimum Gasteiger partial charge on any atom is -0.493 e. The molecule has 2 aromatic carbocycles. The fourth-order valence-electron chi connectivity index (χ4n) is 4.94. The molecule has 0 aliphatic carbocycles. The first-order valence-corrected chi connectivity index (χ1v) is 13.8. The zero-order chi connectivity index (χ0) is 25.1. The smallest absolute Gasteiger partial charge is 0.127 e. The van der Waals surface area contributed by atoms with Crippen LogP contribution in [-0.2, 0) is 0 Å². The van der Waals surface area contributed by atoms with Crippen LogP contribution in [0.1, 0.15) is 101 Å². The van der Waals surface area contributed by atoms with Gasteiger partial charge in [-0.1, -0.05) is 78.4 Å². The Balaban J connectivity index is 2.43. The molecule has 0 saturated carbocycles. The lowest BCUT2D eigenvalue weighted by molar-refractivity contribution is 0.231. The molecule has 2 aromatic rings. The molecular weight excluding hydrogens is 416 g/mol. The molecule has 0 amide bonds. The summed E-state index contributed by atoms with van der Waals surface area (Å²) in [6, 6.07) is 8.98. The highest BCUT2D eigenvalue weighted by Crippen LogP contribution is 2.43. The largest absolute Gasteiger partial charge is 0.493 e. The van der Waals surface area contributed by atoms with Crippen LogP contribution in [0, 0.1) is 39.5 Å². The van der Waals surface area contributed by atoms with E-state index in [9.17, 15) is 0 Å². The number of rotatable bonds is 15. The fourth-order valence-corrected chi connectivity index (χ4v) is 4.94. The van der Waals surface area contributed by atoms with Crippen molar-refractivity contribution in [3.05, 3.63) is 46.5 Å². The highest BCUT2D eigenvalue weighted by molar-refractivity contribution is 5.82. The van der Waals surface area contributed by atoms with Crippen LogP contribution in [0.3, 0.4) is 0 Å². The second-order valence-electron chi connectivity index (χ2n) is 10.4. The van der Waals surface area contributed by atoms with Crippen LogP contribution in [0.15, 0.2) is 24.3 Å². The van der Waals surface area contributed by atoms with Gasteiger partial charge in [0, 0.05) is 11.1 Å². The minimum absolute atomic E-state index is 0.604. The number of ether oxygens (including phenoxy) is 2. The van der Waals surface area contributed by atoms with Crippen molar-refractivity contribution in [2.45, 2.75) is 107 Å². The van der Waals surface area contributed by atoms with Crippen molar-refractivity contribution in [1.82, 2.24) is 0 Å². The molecule has 2 atom stereocenters. The van der Waals surface area contributed by atoms with Gasteiger partial charge >= 0.3 is 0 Å². The van der Waals surface area contributed by atoms with Crippen LogP contribution in [0.25, 0.3) is 11.1 Å². The quantitative estimate of drug-likeness (QED) is 0.260. The summed E-state index contributed by atoms with van der Waals surface area (Å²) >= 11 is 0. The molecule has 0 spiro atoms. The SMILES string of the molecule is CCCCC(CC)COc1cc(C)cc(C)c1-c1c(C)cc(C)cc1OCC(CC)CCCC. The number of unbranched alkanes of at least 4 members (excludes halogenated alkanes) is 2. The molecule has 0 radical (unpaired) electrons. The van der Waals surface area contributed by atoms with E-state index in [1.807, 2.05) is 0 Å². The third kappa shape index (κ3) is 8.07. The Morgan fingerprint density at radius 3 is 1.29 bits per heavy atom. The molecule has 0 N–H and O–H groups in total. The third-order valence-electron chi connectivity index (χ3n) is 7.17. The summed E-state index contributed by atoms with van der Waals surface area (Å²) in [4.78, 5) is 0. The molecule has 0 aliphatic rings. The van der Waals surface area contributed by atoms with Gasteiger partial charge in [-0.25, -0.2) is 0 Å². The van der Waals surface area contributed by atoms with E-state index in [-0.39, 0.29) is 0 Å². The minimum atomic E-state index is 0.604. The Kier molecular flexibility index (Phi) is 12.0. The lowest BCUT2D eigenvalue weighted by Gasteiger charge is -2.23. The topological polar surface area (TPSA) is 18.5 Å². The van der Waals surface area contributed by atoms with E-state index in [0.717, 1.165) is 37.6 Å². The van der Waals surface area contributed by atoms with Crippen LogP contribution in [0.2, 0.25) is 0 Å². The average Bonchev–Trinajstić information content (AvgIpc) is 2.80. The van der Waals surface area contributed by atoms with Crippen molar-refractivity contribution in [2.75, 3.05) is 13.2 Å². The summed E-state index contributed by atoms with van der Waals surface area (Å²) in [7, 11) is 0. The van der Waals surface area contributed by atoms with Gasteiger partial charge in [-0.15, -0.1) is 0 Å². The summed E-state index contributed by atoms with van der Waals surface area (Å²) in [6.45, 7) is 19.4. The van der Waals surface area contributed by atoms with E-state index < -0.39 is 0 Å².